The molecule has 3 aromatic rings. The van der Waals surface area contributed by atoms with Crippen LogP contribution >= 0.6 is 11.6 Å². The number of rotatable bonds is 7. The van der Waals surface area contributed by atoms with E-state index in [4.69, 9.17) is 16.3 Å². The van der Waals surface area contributed by atoms with Gasteiger partial charge in [0.15, 0.2) is 0 Å². The molecule has 30 heavy (non-hydrogen) atoms. The molecular formula is C20H16ClF2N3O3S. The van der Waals surface area contributed by atoms with Crippen molar-refractivity contribution in [2.45, 2.75) is 23.4 Å². The quantitative estimate of drug-likeness (QED) is 0.403. The summed E-state index contributed by atoms with van der Waals surface area (Å²) in [5.41, 5.74) is -0.676. The molecule has 6 nitrogen and oxygen atoms in total. The minimum absolute atomic E-state index is 0.0661. The molecule has 0 N–H and O–H groups in total. The Hall–Kier alpha value is -2.62. The van der Waals surface area contributed by atoms with E-state index in [9.17, 15) is 17.2 Å². The molecule has 0 saturated carbocycles. The fraction of sp³-hybridized carbons (Fsp3) is 0.200. The molecule has 0 spiro atoms. The van der Waals surface area contributed by atoms with Crippen molar-refractivity contribution in [2.24, 2.45) is 0 Å². The van der Waals surface area contributed by atoms with Gasteiger partial charge in [0.05, 0.1) is 12.3 Å². The minimum atomic E-state index is -3.80. The van der Waals surface area contributed by atoms with Gasteiger partial charge in [-0.3, -0.25) is 0 Å². The zero-order chi connectivity index (χ0) is 21.5. The van der Waals surface area contributed by atoms with Crippen LogP contribution in [0.1, 0.15) is 17.2 Å². The van der Waals surface area contributed by atoms with Crippen LogP contribution in [0.4, 0.5) is 8.78 Å². The SMILES string of the molecule is C=CCS(=O)(=O)c1ncnn1CC1(c2ccc(F)cc2F)OC1c1ccccc1Cl. The van der Waals surface area contributed by atoms with Gasteiger partial charge in [-0.05, 0) is 12.1 Å². The Bertz CT molecular complexity index is 1230. The summed E-state index contributed by atoms with van der Waals surface area (Å²) in [6.45, 7) is 3.27. The third-order valence-electron chi connectivity index (χ3n) is 4.85. The Kier molecular flexibility index (Phi) is 5.21. The molecule has 0 aliphatic carbocycles. The van der Waals surface area contributed by atoms with E-state index in [1.165, 1.54) is 12.1 Å². The smallest absolute Gasteiger partial charge is 0.246 e. The number of halogens is 3. The lowest BCUT2D eigenvalue weighted by molar-refractivity contribution is 0.250. The largest absolute Gasteiger partial charge is 0.354 e. The summed E-state index contributed by atoms with van der Waals surface area (Å²) < 4.78 is 60.3. The van der Waals surface area contributed by atoms with Crippen molar-refractivity contribution < 1.29 is 21.9 Å². The van der Waals surface area contributed by atoms with Crippen LogP contribution in [0.25, 0.3) is 0 Å². The van der Waals surface area contributed by atoms with Crippen LogP contribution in [0.15, 0.2) is 66.6 Å². The summed E-state index contributed by atoms with van der Waals surface area (Å²) in [5, 5.41) is 4.11. The van der Waals surface area contributed by atoms with E-state index in [2.05, 4.69) is 16.7 Å². The monoisotopic (exact) mass is 451 g/mol. The second-order valence-corrected chi connectivity index (χ2v) is 9.14. The first-order valence-corrected chi connectivity index (χ1v) is 10.9. The van der Waals surface area contributed by atoms with Gasteiger partial charge in [0.25, 0.3) is 0 Å². The number of sulfone groups is 1. The van der Waals surface area contributed by atoms with Gasteiger partial charge >= 0.3 is 0 Å². The number of aromatic nitrogens is 3. The van der Waals surface area contributed by atoms with Gasteiger partial charge in [-0.2, -0.15) is 5.10 Å². The highest BCUT2D eigenvalue weighted by Gasteiger charge is 2.61. The first kappa shape index (κ1) is 20.6. The number of ether oxygens (including phenoxy) is 1. The molecule has 10 heteroatoms. The standard InChI is InChI=1S/C20H16ClF2N3O3S/c1-2-9-30(27,28)19-24-12-25-26(19)11-20(15-8-7-13(22)10-17(15)23)18(29-20)14-5-3-4-6-16(14)21/h2-8,10,12,18H,1,9,11H2. The van der Waals surface area contributed by atoms with Gasteiger partial charge in [0, 0.05) is 22.2 Å². The highest BCUT2D eigenvalue weighted by molar-refractivity contribution is 7.91. The average Bonchev–Trinajstić information content (AvgIpc) is 3.17. The van der Waals surface area contributed by atoms with Gasteiger partial charge in [-0.15, -0.1) is 6.58 Å². The van der Waals surface area contributed by atoms with Crippen LogP contribution in [0.2, 0.25) is 5.02 Å². The first-order chi connectivity index (χ1) is 14.3. The van der Waals surface area contributed by atoms with Gasteiger partial charge in [0.1, 0.15) is 29.7 Å². The molecule has 0 bridgehead atoms. The third-order valence-corrected chi connectivity index (χ3v) is 6.74. The van der Waals surface area contributed by atoms with Crippen LogP contribution in [0, 0.1) is 11.6 Å². The molecule has 2 unspecified atom stereocenters. The summed E-state index contributed by atoms with van der Waals surface area (Å²) in [5.74, 6) is -1.89. The van der Waals surface area contributed by atoms with Gasteiger partial charge in [0.2, 0.25) is 15.0 Å². The van der Waals surface area contributed by atoms with Crippen molar-refractivity contribution in [2.75, 3.05) is 5.75 Å². The maximum Gasteiger partial charge on any atom is 0.246 e. The van der Waals surface area contributed by atoms with Crippen LogP contribution in [0.3, 0.4) is 0 Å². The van der Waals surface area contributed by atoms with Crippen molar-refractivity contribution in [1.82, 2.24) is 14.8 Å². The van der Waals surface area contributed by atoms with E-state index in [0.717, 1.165) is 23.1 Å². The Balaban J connectivity index is 1.81. The van der Waals surface area contributed by atoms with Crippen molar-refractivity contribution in [3.05, 3.63) is 89.2 Å². The zero-order valence-corrected chi connectivity index (χ0v) is 17.1. The third kappa shape index (κ3) is 3.53. The molecule has 4 rings (SSSR count). The molecule has 1 fully saturated rings. The average molecular weight is 452 g/mol. The lowest BCUT2D eigenvalue weighted by Gasteiger charge is -2.16. The Morgan fingerprint density at radius 2 is 2.03 bits per heavy atom. The topological polar surface area (TPSA) is 77.4 Å². The van der Waals surface area contributed by atoms with Crippen LogP contribution in [-0.2, 0) is 26.7 Å². The molecule has 2 atom stereocenters. The number of hydrogen-bond acceptors (Lipinski definition) is 5. The molecule has 1 saturated heterocycles. The second kappa shape index (κ2) is 7.57. The van der Waals surface area contributed by atoms with Crippen molar-refractivity contribution in [3.63, 3.8) is 0 Å². The molecule has 2 heterocycles. The highest BCUT2D eigenvalue weighted by atomic mass is 35.5. The summed E-state index contributed by atoms with van der Waals surface area (Å²) >= 11 is 6.29. The summed E-state index contributed by atoms with van der Waals surface area (Å²) in [4.78, 5) is 3.84. The molecular weight excluding hydrogens is 436 g/mol. The lowest BCUT2D eigenvalue weighted by Crippen LogP contribution is -2.24. The Morgan fingerprint density at radius 1 is 1.27 bits per heavy atom. The number of nitrogens with zero attached hydrogens (tertiary/aromatic N) is 3. The minimum Gasteiger partial charge on any atom is -0.354 e. The molecule has 0 radical (unpaired) electrons. The van der Waals surface area contributed by atoms with E-state index < -0.39 is 33.2 Å². The summed E-state index contributed by atoms with van der Waals surface area (Å²) in [7, 11) is -3.80. The lowest BCUT2D eigenvalue weighted by atomic mass is 9.91. The number of hydrogen-bond donors (Lipinski definition) is 0. The van der Waals surface area contributed by atoms with Crippen LogP contribution < -0.4 is 0 Å². The maximum atomic E-state index is 14.7. The summed E-state index contributed by atoms with van der Waals surface area (Å²) in [6.07, 6.45) is 1.65. The van der Waals surface area contributed by atoms with Crippen molar-refractivity contribution in [1.29, 1.82) is 0 Å². The molecule has 156 valence electrons. The van der Waals surface area contributed by atoms with Gasteiger partial charge in [-0.1, -0.05) is 41.9 Å². The molecule has 0 amide bonds. The van der Waals surface area contributed by atoms with Gasteiger partial charge < -0.3 is 4.74 Å². The predicted molar refractivity (Wildman–Crippen MR) is 106 cm³/mol. The van der Waals surface area contributed by atoms with Gasteiger partial charge in [-0.25, -0.2) is 26.9 Å². The summed E-state index contributed by atoms with van der Waals surface area (Å²) in [6, 6.07) is 10.0. The number of epoxide rings is 1. The molecule has 2 aromatic carbocycles. The Morgan fingerprint density at radius 3 is 2.73 bits per heavy atom. The zero-order valence-electron chi connectivity index (χ0n) is 15.5. The van der Waals surface area contributed by atoms with E-state index >= 15 is 0 Å². The molecule has 1 aliphatic heterocycles. The van der Waals surface area contributed by atoms with E-state index in [0.29, 0.717) is 10.6 Å². The Labute approximate surface area is 176 Å². The molecule has 1 aliphatic rings. The highest BCUT2D eigenvalue weighted by Crippen LogP contribution is 2.59. The second-order valence-electron chi connectivity index (χ2n) is 6.80. The fourth-order valence-corrected chi connectivity index (χ4v) is 4.81. The van der Waals surface area contributed by atoms with Crippen molar-refractivity contribution >= 4 is 21.4 Å². The molecule has 1 aromatic heterocycles. The fourth-order valence-electron chi connectivity index (χ4n) is 3.48. The van der Waals surface area contributed by atoms with Crippen molar-refractivity contribution in [3.8, 4) is 0 Å². The van der Waals surface area contributed by atoms with E-state index in [1.54, 1.807) is 24.3 Å². The predicted octanol–water partition coefficient (Wildman–Crippen LogP) is 3.84. The number of benzene rings is 2. The first-order valence-electron chi connectivity index (χ1n) is 8.88. The van der Waals surface area contributed by atoms with E-state index in [-0.39, 0.29) is 23.0 Å². The normalized spacial score (nSPS) is 20.8. The van der Waals surface area contributed by atoms with Crippen LogP contribution in [0.5, 0.6) is 0 Å². The van der Waals surface area contributed by atoms with E-state index in [1.807, 2.05) is 0 Å². The maximum absolute atomic E-state index is 14.7. The van der Waals surface area contributed by atoms with Crippen LogP contribution in [-0.4, -0.2) is 28.9 Å².